The van der Waals surface area contributed by atoms with E-state index >= 15 is 0 Å². The van der Waals surface area contributed by atoms with Gasteiger partial charge in [-0.05, 0) is 17.7 Å². The Labute approximate surface area is 168 Å². The number of nitrogens with two attached hydrogens (primary N) is 1. The molecule has 0 saturated heterocycles. The second-order valence-corrected chi connectivity index (χ2v) is 6.42. The van der Waals surface area contributed by atoms with Crippen molar-refractivity contribution in [3.05, 3.63) is 101 Å². The maximum Gasteiger partial charge on any atom is 0.168 e. The smallest absolute Gasteiger partial charge is 0.168 e. The van der Waals surface area contributed by atoms with Crippen molar-refractivity contribution in [1.29, 1.82) is 0 Å². The zero-order chi connectivity index (χ0) is 19.8. The van der Waals surface area contributed by atoms with Gasteiger partial charge in [0.2, 0.25) is 0 Å². The number of rotatable bonds is 8. The fourth-order valence-electron chi connectivity index (χ4n) is 2.57. The average Bonchev–Trinajstić information content (AvgIpc) is 2.72. The molecule has 0 bridgehead atoms. The van der Waals surface area contributed by atoms with E-state index in [4.69, 9.17) is 22.2 Å². The summed E-state index contributed by atoms with van der Waals surface area (Å²) in [4.78, 5) is 9.68. The van der Waals surface area contributed by atoms with Gasteiger partial charge >= 0.3 is 0 Å². The molecule has 0 aliphatic carbocycles. The Bertz CT molecular complexity index is 907. The molecule has 0 amide bonds. The number of aliphatic hydroxyl groups is 1. The Morgan fingerprint density at radius 3 is 2.32 bits per heavy atom. The van der Waals surface area contributed by atoms with Gasteiger partial charge in [0, 0.05) is 16.7 Å². The highest BCUT2D eigenvalue weighted by Gasteiger charge is 2.21. The normalized spacial score (nSPS) is 13.7. The Kier molecular flexibility index (Phi) is 7.00. The third kappa shape index (κ3) is 5.55. The van der Waals surface area contributed by atoms with Crippen LogP contribution in [0.2, 0.25) is 5.02 Å². The largest absolute Gasteiger partial charge is 0.394 e. The van der Waals surface area contributed by atoms with Gasteiger partial charge in [-0.2, -0.15) is 0 Å². The van der Waals surface area contributed by atoms with Crippen LogP contribution in [0.4, 0.5) is 0 Å². The molecule has 0 fully saturated rings. The van der Waals surface area contributed by atoms with Crippen molar-refractivity contribution in [2.45, 2.75) is 12.3 Å². The zero-order valence-corrected chi connectivity index (χ0v) is 15.8. The second-order valence-electron chi connectivity index (χ2n) is 5.99. The third-order valence-electron chi connectivity index (χ3n) is 3.98. The van der Waals surface area contributed by atoms with E-state index in [1.807, 2.05) is 60.7 Å². The van der Waals surface area contributed by atoms with Crippen LogP contribution in [0.15, 0.2) is 89.9 Å². The number of halogens is 1. The van der Waals surface area contributed by atoms with Gasteiger partial charge in [-0.15, -0.1) is 0 Å². The van der Waals surface area contributed by atoms with Gasteiger partial charge in [0.15, 0.2) is 6.23 Å². The SMILES string of the molecule is NC(=NC(O)C(NNOc1cccc(Cl)c1)c1ccccc1)c1ccccc1. The van der Waals surface area contributed by atoms with Gasteiger partial charge in [0.05, 0.1) is 6.04 Å². The van der Waals surface area contributed by atoms with Crippen LogP contribution in [-0.4, -0.2) is 17.2 Å². The fourth-order valence-corrected chi connectivity index (χ4v) is 2.75. The minimum Gasteiger partial charge on any atom is -0.394 e. The number of hydrazine groups is 1. The van der Waals surface area contributed by atoms with E-state index in [0.29, 0.717) is 10.8 Å². The van der Waals surface area contributed by atoms with E-state index in [0.717, 1.165) is 11.1 Å². The standard InChI is InChI=1S/C21H21ClN4O2/c22-17-12-7-13-18(14-17)28-26-25-19(15-8-3-1-4-9-15)21(27)24-20(23)16-10-5-2-6-11-16/h1-14,19,21,25-27H,(H2,23,24). The summed E-state index contributed by atoms with van der Waals surface area (Å²) in [7, 11) is 0. The van der Waals surface area contributed by atoms with Gasteiger partial charge in [-0.25, -0.2) is 10.4 Å². The van der Waals surface area contributed by atoms with Crippen molar-refractivity contribution < 1.29 is 9.94 Å². The lowest BCUT2D eigenvalue weighted by molar-refractivity contribution is 0.0716. The maximum absolute atomic E-state index is 10.7. The molecule has 5 N–H and O–H groups in total. The Hall–Kier alpha value is -2.90. The summed E-state index contributed by atoms with van der Waals surface area (Å²) in [6.45, 7) is 0. The van der Waals surface area contributed by atoms with E-state index < -0.39 is 12.3 Å². The van der Waals surface area contributed by atoms with Crippen LogP contribution in [0, 0.1) is 0 Å². The Balaban J connectivity index is 1.73. The Morgan fingerprint density at radius 2 is 1.64 bits per heavy atom. The third-order valence-corrected chi connectivity index (χ3v) is 4.21. The predicted molar refractivity (Wildman–Crippen MR) is 111 cm³/mol. The molecule has 0 heterocycles. The van der Waals surface area contributed by atoms with Gasteiger partial charge in [-0.3, -0.25) is 0 Å². The molecule has 3 aromatic carbocycles. The molecule has 2 atom stereocenters. The van der Waals surface area contributed by atoms with Gasteiger partial charge in [0.25, 0.3) is 0 Å². The number of amidine groups is 1. The minimum absolute atomic E-state index is 0.242. The van der Waals surface area contributed by atoms with Crippen LogP contribution in [0.5, 0.6) is 5.75 Å². The van der Waals surface area contributed by atoms with Crippen LogP contribution in [0.1, 0.15) is 17.2 Å². The maximum atomic E-state index is 10.7. The quantitative estimate of drug-likeness (QED) is 0.266. The molecule has 0 aliphatic rings. The summed E-state index contributed by atoms with van der Waals surface area (Å²) in [5.74, 6) is 0.764. The molecule has 2 unspecified atom stereocenters. The van der Waals surface area contributed by atoms with E-state index in [2.05, 4.69) is 16.0 Å². The molecular weight excluding hydrogens is 376 g/mol. The predicted octanol–water partition coefficient (Wildman–Crippen LogP) is 3.19. The van der Waals surface area contributed by atoms with Crippen molar-refractivity contribution >= 4 is 17.4 Å². The number of hydrogen-bond acceptors (Lipinski definition) is 5. The summed E-state index contributed by atoms with van der Waals surface area (Å²) in [6.07, 6.45) is -1.15. The molecule has 7 heteroatoms. The molecule has 0 radical (unpaired) electrons. The number of nitrogens with one attached hydrogen (secondary N) is 2. The highest BCUT2D eigenvalue weighted by atomic mass is 35.5. The van der Waals surface area contributed by atoms with Gasteiger partial charge in [0.1, 0.15) is 11.6 Å². The second kappa shape index (κ2) is 9.87. The summed E-state index contributed by atoms with van der Waals surface area (Å²) >= 11 is 5.95. The lowest BCUT2D eigenvalue weighted by atomic mass is 10.1. The molecule has 0 spiro atoms. The number of aliphatic hydroxyl groups excluding tert-OH is 1. The first kappa shape index (κ1) is 19.9. The van der Waals surface area contributed by atoms with Crippen LogP contribution >= 0.6 is 11.6 Å². The monoisotopic (exact) mass is 396 g/mol. The molecule has 144 valence electrons. The summed E-state index contributed by atoms with van der Waals surface area (Å²) in [5.41, 5.74) is 13.2. The van der Waals surface area contributed by atoms with Crippen LogP contribution in [-0.2, 0) is 0 Å². The minimum atomic E-state index is -1.15. The lowest BCUT2D eigenvalue weighted by Crippen LogP contribution is -2.43. The summed E-state index contributed by atoms with van der Waals surface area (Å²) in [5, 5.41) is 11.2. The molecule has 6 nitrogen and oxygen atoms in total. The van der Waals surface area contributed by atoms with E-state index in [-0.39, 0.29) is 5.84 Å². The van der Waals surface area contributed by atoms with E-state index in [1.165, 1.54) is 0 Å². The number of aliphatic imine (C=N–C) groups is 1. The van der Waals surface area contributed by atoms with E-state index in [9.17, 15) is 5.11 Å². The molecule has 0 saturated carbocycles. The zero-order valence-electron chi connectivity index (χ0n) is 15.0. The van der Waals surface area contributed by atoms with Crippen molar-refractivity contribution in [2.75, 3.05) is 0 Å². The molecule has 3 aromatic rings. The molecule has 3 rings (SSSR count). The van der Waals surface area contributed by atoms with Crippen molar-refractivity contribution in [3.63, 3.8) is 0 Å². The fraction of sp³-hybridized carbons (Fsp3) is 0.0952. The molecular formula is C21H21ClN4O2. The van der Waals surface area contributed by atoms with Crippen molar-refractivity contribution in [2.24, 2.45) is 10.7 Å². The number of benzene rings is 3. The lowest BCUT2D eigenvalue weighted by Gasteiger charge is -2.23. The van der Waals surface area contributed by atoms with Crippen molar-refractivity contribution in [1.82, 2.24) is 11.0 Å². The first-order chi connectivity index (χ1) is 13.6. The van der Waals surface area contributed by atoms with Crippen LogP contribution in [0.25, 0.3) is 0 Å². The summed E-state index contributed by atoms with van der Waals surface area (Å²) < 4.78 is 0. The Morgan fingerprint density at radius 1 is 0.964 bits per heavy atom. The first-order valence-corrected chi connectivity index (χ1v) is 9.06. The van der Waals surface area contributed by atoms with Gasteiger partial charge in [-0.1, -0.05) is 83.9 Å². The first-order valence-electron chi connectivity index (χ1n) is 8.68. The van der Waals surface area contributed by atoms with Gasteiger partial charge < -0.3 is 15.7 Å². The molecule has 0 aliphatic heterocycles. The highest BCUT2D eigenvalue weighted by molar-refractivity contribution is 6.30. The number of hydrogen-bond donors (Lipinski definition) is 4. The highest BCUT2D eigenvalue weighted by Crippen LogP contribution is 2.19. The molecule has 0 aromatic heterocycles. The number of nitrogens with zero attached hydrogens (tertiary/aromatic N) is 1. The van der Waals surface area contributed by atoms with Crippen LogP contribution < -0.4 is 21.6 Å². The van der Waals surface area contributed by atoms with Crippen LogP contribution in [0.3, 0.4) is 0 Å². The average molecular weight is 397 g/mol. The van der Waals surface area contributed by atoms with Crippen molar-refractivity contribution in [3.8, 4) is 5.75 Å². The summed E-state index contributed by atoms with van der Waals surface area (Å²) in [6, 6.07) is 25.0. The molecule has 28 heavy (non-hydrogen) atoms. The topological polar surface area (TPSA) is 91.9 Å². The van der Waals surface area contributed by atoms with E-state index in [1.54, 1.807) is 24.3 Å².